The van der Waals surface area contributed by atoms with Gasteiger partial charge in [0, 0.05) is 0 Å². The first kappa shape index (κ1) is 47.2. The van der Waals surface area contributed by atoms with Gasteiger partial charge in [0.1, 0.15) is 11.5 Å². The van der Waals surface area contributed by atoms with Crippen molar-refractivity contribution < 1.29 is 35.2 Å². The third kappa shape index (κ3) is 9.56. The summed E-state index contributed by atoms with van der Waals surface area (Å²) >= 11 is 0. The lowest BCUT2D eigenvalue weighted by Crippen LogP contribution is -2.55. The summed E-state index contributed by atoms with van der Waals surface area (Å²) in [5.41, 5.74) is -5.63. The maximum absolute atomic E-state index is 15.9. The average molecular weight is 823 g/mol. The fourth-order valence-corrected chi connectivity index (χ4v) is 18.6. The summed E-state index contributed by atoms with van der Waals surface area (Å²) in [4.78, 5) is 7.14. The molecule has 304 valence electrons. The largest absolute Gasteiger partial charge is 0.542 e. The van der Waals surface area contributed by atoms with E-state index in [1.165, 1.54) is 12.1 Å². The second-order valence-corrected chi connectivity index (χ2v) is 34.0. The smallest absolute Gasteiger partial charge is 0.411 e. The molecule has 0 aliphatic heterocycles. The minimum Gasteiger partial charge on any atom is -0.542 e. The van der Waals surface area contributed by atoms with Crippen LogP contribution in [-0.4, -0.2) is 45.5 Å². The van der Waals surface area contributed by atoms with E-state index in [1.807, 2.05) is 83.1 Å². The number of alkyl halides is 6. The molecule has 0 bridgehead atoms. The molecule has 0 spiro atoms. The zero-order valence-corrected chi connectivity index (χ0v) is 38.5. The Morgan fingerprint density at radius 3 is 0.906 bits per heavy atom. The third-order valence-electron chi connectivity index (χ3n) is 13.1. The van der Waals surface area contributed by atoms with Gasteiger partial charge in [0.2, 0.25) is 5.41 Å². The third-order valence-corrected chi connectivity index (χ3v) is 31.8. The van der Waals surface area contributed by atoms with Gasteiger partial charge in [0.15, 0.2) is 16.5 Å². The van der Waals surface area contributed by atoms with Crippen molar-refractivity contribution in [2.45, 2.75) is 173 Å². The molecular weight excluding hydrogens is 755 g/mol. The lowest BCUT2D eigenvalue weighted by molar-refractivity contribution is -0.288. The highest BCUT2D eigenvalue weighted by Gasteiger charge is 2.72. The number of hydrogen-bond donors (Lipinski definition) is 2. The SMILES string of the molecule is CC[Si](CC)(CC)Nc1cc(C(c2ccc(O[Si](CC)(CC)CC)c(N[Si](CC)(CC)CC)c2)(C(F)(F)F)C(F)(F)F)ccc1O[Si](CC)(CC)CC. The topological polar surface area (TPSA) is 42.5 Å². The summed E-state index contributed by atoms with van der Waals surface area (Å²) in [5.74, 6) is 0.680. The first-order chi connectivity index (χ1) is 24.8. The van der Waals surface area contributed by atoms with Gasteiger partial charge in [-0.15, -0.1) is 0 Å². The zero-order chi connectivity index (χ0) is 40.5. The van der Waals surface area contributed by atoms with Gasteiger partial charge in [0.05, 0.1) is 11.4 Å². The Labute approximate surface area is 321 Å². The predicted octanol–water partition coefficient (Wildman–Crippen LogP) is 14.7. The molecule has 0 atom stereocenters. The van der Waals surface area contributed by atoms with E-state index in [0.717, 1.165) is 96.8 Å². The van der Waals surface area contributed by atoms with Gasteiger partial charge < -0.3 is 18.8 Å². The van der Waals surface area contributed by atoms with Crippen molar-refractivity contribution in [1.82, 2.24) is 0 Å². The standard InChI is InChI=1S/C39H68F6N2O2Si4/c1-13-50(14-2,15-3)46-33-29-31(25-27-35(33)48-52(19-7,20-8)21-9)37(38(40,41)42,39(43,44)45)32-26-28-36(49-53(22-10,23-11)24-12)34(30-32)47-51(16-4,17-5)18-6/h25-30,46-47H,13-24H2,1-12H3. The van der Waals surface area contributed by atoms with Gasteiger partial charge in [-0.2, -0.15) is 26.3 Å². The minimum atomic E-state index is -5.74. The van der Waals surface area contributed by atoms with Crippen molar-refractivity contribution in [2.75, 3.05) is 9.96 Å². The molecule has 14 heteroatoms. The number of nitrogens with one attached hydrogen (secondary N) is 2. The highest BCUT2D eigenvalue weighted by molar-refractivity contribution is 6.83. The first-order valence-electron chi connectivity index (χ1n) is 20.2. The van der Waals surface area contributed by atoms with Crippen molar-refractivity contribution >= 4 is 44.5 Å². The Morgan fingerprint density at radius 2 is 0.698 bits per heavy atom. The van der Waals surface area contributed by atoms with Gasteiger partial charge >= 0.3 is 12.4 Å². The van der Waals surface area contributed by atoms with E-state index < -0.39 is 62.0 Å². The predicted molar refractivity (Wildman–Crippen MR) is 223 cm³/mol. The summed E-state index contributed by atoms with van der Waals surface area (Å²) in [6.45, 7) is 24.5. The fraction of sp³-hybridized carbons (Fsp3) is 0.692. The number of anilines is 2. The van der Waals surface area contributed by atoms with E-state index in [9.17, 15) is 0 Å². The molecule has 2 N–H and O–H groups in total. The summed E-state index contributed by atoms with van der Waals surface area (Å²) < 4.78 is 109. The van der Waals surface area contributed by atoms with Crippen LogP contribution in [0.15, 0.2) is 36.4 Å². The number of hydrogen-bond acceptors (Lipinski definition) is 4. The van der Waals surface area contributed by atoms with Crippen LogP contribution in [0.5, 0.6) is 11.5 Å². The molecule has 2 aromatic carbocycles. The molecule has 0 aromatic heterocycles. The van der Waals surface area contributed by atoms with E-state index in [1.54, 1.807) is 0 Å². The maximum atomic E-state index is 15.9. The molecule has 0 unspecified atom stereocenters. The monoisotopic (exact) mass is 822 g/mol. The molecule has 4 nitrogen and oxygen atoms in total. The van der Waals surface area contributed by atoms with Crippen LogP contribution in [-0.2, 0) is 5.41 Å². The minimum absolute atomic E-state index is 0.224. The molecule has 0 aliphatic carbocycles. The quantitative estimate of drug-likeness (QED) is 0.0917. The van der Waals surface area contributed by atoms with Crippen molar-refractivity contribution in [3.63, 3.8) is 0 Å². The van der Waals surface area contributed by atoms with Crippen LogP contribution < -0.4 is 18.8 Å². The van der Waals surface area contributed by atoms with Gasteiger partial charge in [-0.25, -0.2) is 0 Å². The van der Waals surface area contributed by atoms with Crippen molar-refractivity contribution in [3.8, 4) is 11.5 Å². The molecule has 2 rings (SSSR count). The second-order valence-electron chi connectivity index (χ2n) is 14.8. The summed E-state index contributed by atoms with van der Waals surface area (Å²) in [5, 5.41) is 0. The number of benzene rings is 2. The number of halogens is 6. The highest BCUT2D eigenvalue weighted by Crippen LogP contribution is 2.58. The average Bonchev–Trinajstić information content (AvgIpc) is 3.15. The molecule has 0 fully saturated rings. The second kappa shape index (κ2) is 18.8. The van der Waals surface area contributed by atoms with E-state index in [4.69, 9.17) is 8.85 Å². The van der Waals surface area contributed by atoms with Crippen molar-refractivity contribution in [3.05, 3.63) is 47.5 Å². The van der Waals surface area contributed by atoms with Crippen LogP contribution in [0.4, 0.5) is 37.7 Å². The first-order valence-corrected chi connectivity index (χ1v) is 30.5. The van der Waals surface area contributed by atoms with Crippen molar-refractivity contribution in [2.24, 2.45) is 0 Å². The Morgan fingerprint density at radius 1 is 0.434 bits per heavy atom. The molecule has 0 radical (unpaired) electrons. The lowest BCUT2D eigenvalue weighted by Gasteiger charge is -2.41. The van der Waals surface area contributed by atoms with Crippen LogP contribution in [0.3, 0.4) is 0 Å². The van der Waals surface area contributed by atoms with Crippen LogP contribution in [0.1, 0.15) is 94.2 Å². The van der Waals surface area contributed by atoms with Gasteiger partial charge in [-0.1, -0.05) is 95.2 Å². The van der Waals surface area contributed by atoms with E-state index >= 15 is 26.3 Å². The Hall–Kier alpha value is -1.91. The summed E-state index contributed by atoms with van der Waals surface area (Å²) in [6, 6.07) is 16.1. The van der Waals surface area contributed by atoms with E-state index in [0.29, 0.717) is 11.5 Å². The van der Waals surface area contributed by atoms with Crippen LogP contribution in [0, 0.1) is 0 Å². The Balaban J connectivity index is 3.18. The van der Waals surface area contributed by atoms with Crippen molar-refractivity contribution in [1.29, 1.82) is 0 Å². The molecule has 0 saturated heterocycles. The highest BCUT2D eigenvalue weighted by atomic mass is 28.4. The summed E-state index contributed by atoms with van der Waals surface area (Å²) in [6.07, 6.45) is -11.5. The molecule has 53 heavy (non-hydrogen) atoms. The van der Waals surface area contributed by atoms with E-state index in [-0.39, 0.29) is 11.4 Å². The number of rotatable bonds is 22. The molecule has 0 amide bonds. The van der Waals surface area contributed by atoms with Crippen LogP contribution >= 0.6 is 0 Å². The van der Waals surface area contributed by atoms with Gasteiger partial charge in [0.25, 0.3) is 16.6 Å². The fourth-order valence-electron chi connectivity index (χ4n) is 7.88. The Bertz CT molecular complexity index is 1300. The van der Waals surface area contributed by atoms with Gasteiger partial charge in [-0.3, -0.25) is 0 Å². The molecule has 0 saturated carbocycles. The van der Waals surface area contributed by atoms with Crippen LogP contribution in [0.25, 0.3) is 0 Å². The Kier molecular flexibility index (Phi) is 16.8. The maximum Gasteiger partial charge on any atom is 0.411 e. The molecular formula is C39H68F6N2O2Si4. The van der Waals surface area contributed by atoms with E-state index in [2.05, 4.69) is 9.96 Å². The molecule has 0 aliphatic rings. The van der Waals surface area contributed by atoms with Crippen LogP contribution in [0.2, 0.25) is 72.5 Å². The normalized spacial score (nSPS) is 13.6. The molecule has 0 heterocycles. The lowest BCUT2D eigenvalue weighted by atomic mass is 9.72. The molecule has 2 aromatic rings. The summed E-state index contributed by atoms with van der Waals surface area (Å²) in [7, 11) is -9.38. The van der Waals surface area contributed by atoms with Gasteiger partial charge in [-0.05, 0) is 108 Å². The zero-order valence-electron chi connectivity index (χ0n) is 34.5.